The highest BCUT2D eigenvalue weighted by Crippen LogP contribution is 2.28. The third-order valence-corrected chi connectivity index (χ3v) is 4.97. The minimum atomic E-state index is -0.124. The van der Waals surface area contributed by atoms with Gasteiger partial charge in [0, 0.05) is 24.4 Å². The van der Waals surface area contributed by atoms with Crippen molar-refractivity contribution in [1.29, 1.82) is 0 Å². The Morgan fingerprint density at radius 3 is 2.90 bits per heavy atom. The van der Waals surface area contributed by atoms with Gasteiger partial charge in [0.25, 0.3) is 0 Å². The number of carbonyl (C=O) groups excluding carboxylic acids is 1. The Hall–Kier alpha value is -1.17. The van der Waals surface area contributed by atoms with E-state index in [-0.39, 0.29) is 12.1 Å². The maximum Gasteiger partial charge on any atom is 0.320 e. The Balaban J connectivity index is 1.91. The Labute approximate surface area is 124 Å². The quantitative estimate of drug-likeness (QED) is 0.898. The van der Waals surface area contributed by atoms with Gasteiger partial charge in [-0.2, -0.15) is 16.9 Å². The Morgan fingerprint density at radius 2 is 2.25 bits per heavy atom. The van der Waals surface area contributed by atoms with Crippen molar-refractivity contribution in [2.24, 2.45) is 7.05 Å². The molecule has 6 heteroatoms. The van der Waals surface area contributed by atoms with Crippen LogP contribution in [0.1, 0.15) is 38.3 Å². The Morgan fingerprint density at radius 1 is 1.50 bits per heavy atom. The minimum absolute atomic E-state index is 0.124. The van der Waals surface area contributed by atoms with E-state index in [4.69, 9.17) is 0 Å². The van der Waals surface area contributed by atoms with Gasteiger partial charge in [-0.1, -0.05) is 19.8 Å². The zero-order valence-corrected chi connectivity index (χ0v) is 13.3. The van der Waals surface area contributed by atoms with Crippen LogP contribution in [0.3, 0.4) is 0 Å². The molecule has 2 atom stereocenters. The van der Waals surface area contributed by atoms with Crippen LogP contribution in [0.4, 0.5) is 10.6 Å². The van der Waals surface area contributed by atoms with E-state index in [1.165, 1.54) is 19.3 Å². The molecule has 1 heterocycles. The molecule has 20 heavy (non-hydrogen) atoms. The maximum absolute atomic E-state index is 12.1. The molecule has 0 spiro atoms. The number of nitrogens with one attached hydrogen (secondary N) is 2. The van der Waals surface area contributed by atoms with Crippen molar-refractivity contribution in [1.82, 2.24) is 15.1 Å². The summed E-state index contributed by atoms with van der Waals surface area (Å²) >= 11 is 1.96. The summed E-state index contributed by atoms with van der Waals surface area (Å²) in [5, 5.41) is 10.8. The van der Waals surface area contributed by atoms with Crippen LogP contribution in [0, 0.1) is 6.92 Å². The summed E-state index contributed by atoms with van der Waals surface area (Å²) < 4.78 is 1.69. The lowest BCUT2D eigenvalue weighted by molar-refractivity contribution is 0.244. The molecule has 0 aromatic carbocycles. The summed E-state index contributed by atoms with van der Waals surface area (Å²) in [6.07, 6.45) is 4.76. The summed E-state index contributed by atoms with van der Waals surface area (Å²) in [4.78, 5) is 12.1. The zero-order chi connectivity index (χ0) is 14.5. The standard InChI is InChI=1S/C14H24N4OS/c1-4-20-12-8-6-5-7-11(12)15-14(19)16-13-9-10(2)17-18(13)3/h9,11-12H,4-8H2,1-3H3,(H2,15,16,19)/t11-,12-/m1/s1. The number of anilines is 1. The third kappa shape index (κ3) is 3.91. The second-order valence-corrected chi connectivity index (χ2v) is 6.79. The number of aromatic nitrogens is 2. The van der Waals surface area contributed by atoms with Gasteiger partial charge in [-0.25, -0.2) is 4.79 Å². The number of thioether (sulfide) groups is 1. The molecule has 0 saturated heterocycles. The molecule has 1 aliphatic carbocycles. The van der Waals surface area contributed by atoms with E-state index in [1.54, 1.807) is 4.68 Å². The number of rotatable bonds is 4. The fourth-order valence-corrected chi connectivity index (χ4v) is 3.92. The van der Waals surface area contributed by atoms with Gasteiger partial charge < -0.3 is 5.32 Å². The lowest BCUT2D eigenvalue weighted by Gasteiger charge is -2.31. The summed E-state index contributed by atoms with van der Waals surface area (Å²) in [6.45, 7) is 4.09. The second kappa shape index (κ2) is 7.02. The lowest BCUT2D eigenvalue weighted by Crippen LogP contribution is -2.45. The molecule has 1 aromatic heterocycles. The van der Waals surface area contributed by atoms with E-state index in [9.17, 15) is 4.79 Å². The predicted molar refractivity (Wildman–Crippen MR) is 84.3 cm³/mol. The monoisotopic (exact) mass is 296 g/mol. The molecule has 2 amide bonds. The zero-order valence-electron chi connectivity index (χ0n) is 12.5. The molecular weight excluding hydrogens is 272 g/mol. The molecule has 1 aromatic rings. The predicted octanol–water partition coefficient (Wildman–Crippen LogP) is 2.91. The molecule has 2 N–H and O–H groups in total. The highest BCUT2D eigenvalue weighted by molar-refractivity contribution is 7.99. The fourth-order valence-electron chi connectivity index (χ4n) is 2.72. The topological polar surface area (TPSA) is 59.0 Å². The molecule has 0 aliphatic heterocycles. The molecule has 2 rings (SSSR count). The van der Waals surface area contributed by atoms with Gasteiger partial charge in [0.15, 0.2) is 0 Å². The highest BCUT2D eigenvalue weighted by atomic mass is 32.2. The van der Waals surface area contributed by atoms with Crippen LogP contribution in [0.2, 0.25) is 0 Å². The number of amides is 2. The average Bonchev–Trinajstić information content (AvgIpc) is 2.70. The first-order chi connectivity index (χ1) is 9.60. The maximum atomic E-state index is 12.1. The first kappa shape index (κ1) is 15.2. The van der Waals surface area contributed by atoms with Crippen molar-refractivity contribution in [3.8, 4) is 0 Å². The van der Waals surface area contributed by atoms with E-state index in [0.717, 1.165) is 23.7 Å². The van der Waals surface area contributed by atoms with Gasteiger partial charge in [-0.05, 0) is 25.5 Å². The number of carbonyl (C=O) groups is 1. The molecule has 0 unspecified atom stereocenters. The Bertz CT molecular complexity index is 458. The van der Waals surface area contributed by atoms with Crippen LogP contribution in [0.5, 0.6) is 0 Å². The summed E-state index contributed by atoms with van der Waals surface area (Å²) in [5.41, 5.74) is 0.903. The van der Waals surface area contributed by atoms with Crippen molar-refractivity contribution in [2.75, 3.05) is 11.1 Å². The molecule has 112 valence electrons. The largest absolute Gasteiger partial charge is 0.334 e. The molecule has 1 saturated carbocycles. The van der Waals surface area contributed by atoms with Crippen molar-refractivity contribution in [3.63, 3.8) is 0 Å². The van der Waals surface area contributed by atoms with E-state index in [1.807, 2.05) is 31.8 Å². The van der Waals surface area contributed by atoms with Gasteiger partial charge in [-0.15, -0.1) is 0 Å². The van der Waals surface area contributed by atoms with E-state index in [2.05, 4.69) is 22.7 Å². The van der Waals surface area contributed by atoms with E-state index < -0.39 is 0 Å². The molecule has 1 fully saturated rings. The highest BCUT2D eigenvalue weighted by Gasteiger charge is 2.26. The van der Waals surface area contributed by atoms with Gasteiger partial charge in [0.05, 0.1) is 5.69 Å². The number of aryl methyl sites for hydroxylation is 2. The summed E-state index contributed by atoms with van der Waals surface area (Å²) in [7, 11) is 1.83. The van der Waals surface area contributed by atoms with Crippen LogP contribution in [-0.2, 0) is 7.05 Å². The molecule has 1 aliphatic rings. The van der Waals surface area contributed by atoms with Gasteiger partial charge in [0.2, 0.25) is 0 Å². The summed E-state index contributed by atoms with van der Waals surface area (Å²) in [6, 6.07) is 2.03. The van der Waals surface area contributed by atoms with Crippen molar-refractivity contribution in [3.05, 3.63) is 11.8 Å². The van der Waals surface area contributed by atoms with Crippen LogP contribution in [-0.4, -0.2) is 32.9 Å². The Kier molecular flexibility index (Phi) is 5.34. The van der Waals surface area contributed by atoms with Crippen molar-refractivity contribution >= 4 is 23.6 Å². The fraction of sp³-hybridized carbons (Fsp3) is 0.714. The molecule has 0 bridgehead atoms. The smallest absolute Gasteiger partial charge is 0.320 e. The second-order valence-electron chi connectivity index (χ2n) is 5.28. The summed E-state index contributed by atoms with van der Waals surface area (Å²) in [5.74, 6) is 1.83. The number of nitrogens with zero attached hydrogens (tertiary/aromatic N) is 2. The first-order valence-corrected chi connectivity index (χ1v) is 8.34. The third-order valence-electron chi connectivity index (χ3n) is 3.64. The average molecular weight is 296 g/mol. The number of hydrogen-bond acceptors (Lipinski definition) is 3. The first-order valence-electron chi connectivity index (χ1n) is 7.30. The van der Waals surface area contributed by atoms with Gasteiger partial charge >= 0.3 is 6.03 Å². The SMILES string of the molecule is CCS[C@@H]1CCCC[C@H]1NC(=O)Nc1cc(C)nn1C. The number of urea groups is 1. The van der Waals surface area contributed by atoms with Gasteiger partial charge in [-0.3, -0.25) is 10.00 Å². The van der Waals surface area contributed by atoms with Crippen LogP contribution < -0.4 is 10.6 Å². The van der Waals surface area contributed by atoms with Gasteiger partial charge in [0.1, 0.15) is 5.82 Å². The van der Waals surface area contributed by atoms with Crippen LogP contribution in [0.25, 0.3) is 0 Å². The lowest BCUT2D eigenvalue weighted by atomic mass is 9.95. The van der Waals surface area contributed by atoms with Crippen molar-refractivity contribution in [2.45, 2.75) is 50.8 Å². The van der Waals surface area contributed by atoms with E-state index in [0.29, 0.717) is 5.25 Å². The minimum Gasteiger partial charge on any atom is -0.334 e. The van der Waals surface area contributed by atoms with E-state index >= 15 is 0 Å². The molecule has 0 radical (unpaired) electrons. The normalized spacial score (nSPS) is 22.6. The van der Waals surface area contributed by atoms with Crippen LogP contribution in [0.15, 0.2) is 6.07 Å². The molecule has 5 nitrogen and oxygen atoms in total. The molecular formula is C14H24N4OS. The number of hydrogen-bond donors (Lipinski definition) is 2. The van der Waals surface area contributed by atoms with Crippen LogP contribution >= 0.6 is 11.8 Å². The van der Waals surface area contributed by atoms with Crippen molar-refractivity contribution < 1.29 is 4.79 Å².